The largest absolute Gasteiger partial charge is 0.325 e. The molecular weight excluding hydrogens is 389 g/mol. The third-order valence-corrected chi connectivity index (χ3v) is 5.14. The second-order valence-electron chi connectivity index (χ2n) is 5.64. The first kappa shape index (κ1) is 20.6. The molecule has 0 fully saturated rings. The van der Waals surface area contributed by atoms with Crippen LogP contribution in [0.2, 0.25) is 10.0 Å². The van der Waals surface area contributed by atoms with Crippen LogP contribution >= 0.6 is 35.0 Å². The predicted molar refractivity (Wildman–Crippen MR) is 108 cm³/mol. The van der Waals surface area contributed by atoms with E-state index in [-0.39, 0.29) is 12.3 Å². The summed E-state index contributed by atoms with van der Waals surface area (Å²) in [4.78, 5) is 16.7. The fraction of sp³-hybridized carbons (Fsp3) is 0.316. The van der Waals surface area contributed by atoms with Crippen LogP contribution < -0.4 is 5.32 Å². The van der Waals surface area contributed by atoms with Crippen molar-refractivity contribution >= 4 is 46.6 Å². The molecule has 1 aromatic heterocycles. The van der Waals surface area contributed by atoms with Gasteiger partial charge in [-0.2, -0.15) is 5.26 Å². The van der Waals surface area contributed by atoms with E-state index in [2.05, 4.69) is 23.3 Å². The number of aryl methyl sites for hydroxylation is 1. The SMILES string of the molecule is CCCCc1ccc(C#N)c(SCCC(=O)Nc2ccc(Cl)cc2Cl)n1. The van der Waals surface area contributed by atoms with Gasteiger partial charge in [0.1, 0.15) is 11.1 Å². The van der Waals surface area contributed by atoms with Gasteiger partial charge in [-0.1, -0.05) is 36.5 Å². The number of amides is 1. The van der Waals surface area contributed by atoms with Crippen LogP contribution in [0.25, 0.3) is 0 Å². The highest BCUT2D eigenvalue weighted by atomic mass is 35.5. The van der Waals surface area contributed by atoms with E-state index in [9.17, 15) is 10.1 Å². The minimum Gasteiger partial charge on any atom is -0.325 e. The normalized spacial score (nSPS) is 10.4. The number of hydrogen-bond acceptors (Lipinski definition) is 4. The van der Waals surface area contributed by atoms with Crippen LogP contribution in [-0.4, -0.2) is 16.6 Å². The summed E-state index contributed by atoms with van der Waals surface area (Å²) >= 11 is 13.3. The number of pyridine rings is 1. The zero-order valence-electron chi connectivity index (χ0n) is 14.4. The van der Waals surface area contributed by atoms with E-state index < -0.39 is 0 Å². The highest BCUT2D eigenvalue weighted by molar-refractivity contribution is 7.99. The van der Waals surface area contributed by atoms with Gasteiger partial charge in [0.25, 0.3) is 0 Å². The van der Waals surface area contributed by atoms with E-state index in [4.69, 9.17) is 23.2 Å². The third kappa shape index (κ3) is 6.21. The molecule has 0 bridgehead atoms. The van der Waals surface area contributed by atoms with Gasteiger partial charge in [-0.05, 0) is 43.2 Å². The number of unbranched alkanes of at least 4 members (excludes halogenated alkanes) is 1. The van der Waals surface area contributed by atoms with Crippen LogP contribution in [0.3, 0.4) is 0 Å². The summed E-state index contributed by atoms with van der Waals surface area (Å²) in [6.45, 7) is 2.13. The number of benzene rings is 1. The number of carbonyl (C=O) groups is 1. The van der Waals surface area contributed by atoms with Crippen molar-refractivity contribution in [1.29, 1.82) is 5.26 Å². The van der Waals surface area contributed by atoms with E-state index >= 15 is 0 Å². The van der Waals surface area contributed by atoms with Crippen molar-refractivity contribution in [3.8, 4) is 6.07 Å². The Bertz CT molecular complexity index is 821. The van der Waals surface area contributed by atoms with Crippen molar-refractivity contribution in [3.05, 3.63) is 51.6 Å². The molecule has 1 aromatic carbocycles. The molecule has 1 heterocycles. The Labute approximate surface area is 167 Å². The van der Waals surface area contributed by atoms with Crippen molar-refractivity contribution in [2.75, 3.05) is 11.1 Å². The molecule has 0 aliphatic carbocycles. The van der Waals surface area contributed by atoms with Crippen molar-refractivity contribution in [3.63, 3.8) is 0 Å². The highest BCUT2D eigenvalue weighted by Gasteiger charge is 2.10. The van der Waals surface area contributed by atoms with E-state index in [0.717, 1.165) is 25.0 Å². The Morgan fingerprint density at radius 2 is 2.12 bits per heavy atom. The van der Waals surface area contributed by atoms with Crippen molar-refractivity contribution in [2.24, 2.45) is 0 Å². The molecule has 0 radical (unpaired) electrons. The molecule has 1 amide bonds. The summed E-state index contributed by atoms with van der Waals surface area (Å²) in [7, 11) is 0. The van der Waals surface area contributed by atoms with Crippen LogP contribution in [-0.2, 0) is 11.2 Å². The van der Waals surface area contributed by atoms with Crippen molar-refractivity contribution in [2.45, 2.75) is 37.6 Å². The van der Waals surface area contributed by atoms with Gasteiger partial charge in [-0.25, -0.2) is 4.98 Å². The van der Waals surface area contributed by atoms with Crippen LogP contribution in [0.15, 0.2) is 35.4 Å². The van der Waals surface area contributed by atoms with Gasteiger partial charge in [0.15, 0.2) is 0 Å². The average Bonchev–Trinajstić information content (AvgIpc) is 2.62. The number of hydrogen-bond donors (Lipinski definition) is 1. The Morgan fingerprint density at radius 1 is 1.31 bits per heavy atom. The van der Waals surface area contributed by atoms with E-state index in [1.54, 1.807) is 24.3 Å². The Morgan fingerprint density at radius 3 is 2.81 bits per heavy atom. The van der Waals surface area contributed by atoms with E-state index in [1.807, 2.05) is 6.07 Å². The Hall–Kier alpha value is -1.74. The molecule has 4 nitrogen and oxygen atoms in total. The van der Waals surface area contributed by atoms with Gasteiger partial charge in [0, 0.05) is 22.9 Å². The third-order valence-electron chi connectivity index (χ3n) is 3.60. The van der Waals surface area contributed by atoms with Gasteiger partial charge < -0.3 is 5.32 Å². The molecule has 0 spiro atoms. The lowest BCUT2D eigenvalue weighted by atomic mass is 10.2. The monoisotopic (exact) mass is 407 g/mol. The molecule has 0 saturated carbocycles. The fourth-order valence-electron chi connectivity index (χ4n) is 2.21. The summed E-state index contributed by atoms with van der Waals surface area (Å²) in [6, 6.07) is 10.8. The lowest BCUT2D eigenvalue weighted by Crippen LogP contribution is -2.12. The van der Waals surface area contributed by atoms with E-state index in [1.165, 1.54) is 11.8 Å². The van der Waals surface area contributed by atoms with Crippen molar-refractivity contribution in [1.82, 2.24) is 4.98 Å². The topological polar surface area (TPSA) is 65.8 Å². The average molecular weight is 408 g/mol. The van der Waals surface area contributed by atoms with Gasteiger partial charge in [-0.15, -0.1) is 11.8 Å². The number of halogens is 2. The highest BCUT2D eigenvalue weighted by Crippen LogP contribution is 2.26. The van der Waals surface area contributed by atoms with Crippen LogP contribution in [0, 0.1) is 11.3 Å². The quantitative estimate of drug-likeness (QED) is 0.567. The first-order chi connectivity index (χ1) is 12.5. The number of thioether (sulfide) groups is 1. The molecule has 0 saturated heterocycles. The summed E-state index contributed by atoms with van der Waals surface area (Å²) in [6.07, 6.45) is 3.34. The maximum Gasteiger partial charge on any atom is 0.225 e. The van der Waals surface area contributed by atoms with Gasteiger partial charge in [0.05, 0.1) is 16.3 Å². The summed E-state index contributed by atoms with van der Waals surface area (Å²) < 4.78 is 0. The van der Waals surface area contributed by atoms with Crippen LogP contribution in [0.1, 0.15) is 37.4 Å². The van der Waals surface area contributed by atoms with E-state index in [0.29, 0.717) is 32.1 Å². The molecule has 0 atom stereocenters. The first-order valence-electron chi connectivity index (χ1n) is 8.31. The predicted octanol–water partition coefficient (Wildman–Crippen LogP) is 5.72. The molecule has 2 rings (SSSR count). The minimum absolute atomic E-state index is 0.151. The van der Waals surface area contributed by atoms with Gasteiger partial charge >= 0.3 is 0 Å². The number of rotatable bonds is 8. The van der Waals surface area contributed by atoms with Crippen LogP contribution in [0.5, 0.6) is 0 Å². The number of aromatic nitrogens is 1. The molecule has 7 heteroatoms. The zero-order chi connectivity index (χ0) is 18.9. The molecule has 26 heavy (non-hydrogen) atoms. The lowest BCUT2D eigenvalue weighted by Gasteiger charge is -2.08. The Balaban J connectivity index is 1.92. The second-order valence-corrected chi connectivity index (χ2v) is 7.57. The number of nitriles is 1. The Kier molecular flexibility index (Phi) is 8.24. The summed E-state index contributed by atoms with van der Waals surface area (Å²) in [5.74, 6) is 0.373. The molecule has 0 aliphatic rings. The fourth-order valence-corrected chi connectivity index (χ4v) is 3.60. The van der Waals surface area contributed by atoms with Crippen LogP contribution in [0.4, 0.5) is 5.69 Å². The van der Waals surface area contributed by atoms with Gasteiger partial charge in [0.2, 0.25) is 5.91 Å². The van der Waals surface area contributed by atoms with Gasteiger partial charge in [-0.3, -0.25) is 4.79 Å². The maximum atomic E-state index is 12.1. The number of anilines is 1. The molecule has 0 unspecified atom stereocenters. The summed E-state index contributed by atoms with van der Waals surface area (Å²) in [5, 5.41) is 13.6. The maximum absolute atomic E-state index is 12.1. The standard InChI is InChI=1S/C19H19Cl2N3OS/c1-2-3-4-15-7-5-13(12-22)19(23-15)26-10-9-18(25)24-17-8-6-14(20)11-16(17)21/h5-8,11H,2-4,9-10H2,1H3,(H,24,25). The molecule has 1 N–H and O–H groups in total. The number of nitrogens with zero attached hydrogens (tertiary/aromatic N) is 2. The number of nitrogens with one attached hydrogen (secondary N) is 1. The molecule has 2 aromatic rings. The molecule has 136 valence electrons. The summed E-state index contributed by atoms with van der Waals surface area (Å²) in [5.41, 5.74) is 2.05. The zero-order valence-corrected chi connectivity index (χ0v) is 16.7. The van der Waals surface area contributed by atoms with Crippen molar-refractivity contribution < 1.29 is 4.79 Å². The minimum atomic E-state index is -0.151. The lowest BCUT2D eigenvalue weighted by molar-refractivity contribution is -0.115. The smallest absolute Gasteiger partial charge is 0.225 e. The first-order valence-corrected chi connectivity index (χ1v) is 10.1. The molecule has 0 aliphatic heterocycles. The molecular formula is C19H19Cl2N3OS. The second kappa shape index (κ2) is 10.4. The number of carbonyl (C=O) groups excluding carboxylic acids is 1.